The van der Waals surface area contributed by atoms with Crippen molar-refractivity contribution in [2.24, 2.45) is 0 Å². The Kier molecular flexibility index (Phi) is 4.01. The Morgan fingerprint density at radius 2 is 1.45 bits per heavy atom. The van der Waals surface area contributed by atoms with Gasteiger partial charge in [0, 0.05) is 0 Å². The van der Waals surface area contributed by atoms with Gasteiger partial charge in [-0.15, -0.1) is 0 Å². The molecule has 6 heteroatoms. The zero-order chi connectivity index (χ0) is 12.7. The second kappa shape index (κ2) is 5.61. The first-order valence-electron chi connectivity index (χ1n) is 7.01. The second-order valence-corrected chi connectivity index (χ2v) is 6.09. The largest absolute Gasteiger partial charge is 1.00 e. The van der Waals surface area contributed by atoms with Gasteiger partial charge in [0.2, 0.25) is 0 Å². The predicted octanol–water partition coefficient (Wildman–Crippen LogP) is -2.42. The summed E-state index contributed by atoms with van der Waals surface area (Å²) in [4.78, 5) is 7.62. The van der Waals surface area contributed by atoms with E-state index < -0.39 is 0 Å². The average Bonchev–Trinajstić information content (AvgIpc) is 2.38. The number of halogens is 1. The molecule has 1 aromatic carbocycles. The Bertz CT molecular complexity index is 420. The lowest BCUT2D eigenvalue weighted by atomic mass is 10.3. The van der Waals surface area contributed by atoms with Crippen molar-refractivity contribution < 1.29 is 26.2 Å². The fraction of sp³-hybridized carbons (Fsp3) is 0.571. The number of hydrogen-bond acceptors (Lipinski definition) is 4. The molecule has 0 N–H and O–H groups in total. The van der Waals surface area contributed by atoms with Gasteiger partial charge in [-0.05, 0) is 12.1 Å². The Balaban J connectivity index is 0.00000121. The van der Waals surface area contributed by atoms with Crippen LogP contribution in [0.1, 0.15) is 0 Å². The first kappa shape index (κ1) is 14.3. The standard InChI is InChI=1S/C14H21N4O.BrH/c1-2-4-14(5-3-1)19-7-6-18-11-15-8-16(12-18)10-17(9-15)13-18;/h1-5H,6-13H2;1H/q+1;/p-1. The molecule has 0 spiro atoms. The van der Waals surface area contributed by atoms with Crippen LogP contribution >= 0.6 is 0 Å². The molecule has 4 aliphatic heterocycles. The van der Waals surface area contributed by atoms with Crippen molar-refractivity contribution in [2.75, 3.05) is 53.2 Å². The van der Waals surface area contributed by atoms with E-state index >= 15 is 0 Å². The number of nitrogens with zero attached hydrogens (tertiary/aromatic N) is 4. The van der Waals surface area contributed by atoms with Crippen LogP contribution in [-0.4, -0.2) is 72.3 Å². The quantitative estimate of drug-likeness (QED) is 0.568. The van der Waals surface area contributed by atoms with Crippen LogP contribution in [0.5, 0.6) is 5.75 Å². The smallest absolute Gasteiger partial charge is 0.139 e. The van der Waals surface area contributed by atoms with Crippen LogP contribution in [0.4, 0.5) is 0 Å². The van der Waals surface area contributed by atoms with Gasteiger partial charge in [-0.3, -0.25) is 4.48 Å². The first-order chi connectivity index (χ1) is 9.31. The maximum Gasteiger partial charge on any atom is 0.139 e. The summed E-state index contributed by atoms with van der Waals surface area (Å²) < 4.78 is 7.02. The molecule has 0 saturated carbocycles. The normalized spacial score (nSPS) is 37.5. The number of ether oxygens (including phenoxy) is 1. The highest BCUT2D eigenvalue weighted by molar-refractivity contribution is 5.20. The van der Waals surface area contributed by atoms with Gasteiger partial charge in [-0.25, -0.2) is 14.7 Å². The molecule has 5 nitrogen and oxygen atoms in total. The molecule has 4 fully saturated rings. The molecule has 4 saturated heterocycles. The molecule has 0 amide bonds. The maximum absolute atomic E-state index is 5.87. The molecule has 4 heterocycles. The third-order valence-corrected chi connectivity index (χ3v) is 4.28. The molecule has 0 radical (unpaired) electrons. The minimum Gasteiger partial charge on any atom is -1.00 e. The highest BCUT2D eigenvalue weighted by Crippen LogP contribution is 2.28. The van der Waals surface area contributed by atoms with Crippen molar-refractivity contribution in [3.63, 3.8) is 0 Å². The topological polar surface area (TPSA) is 19.0 Å². The van der Waals surface area contributed by atoms with Gasteiger partial charge in [0.1, 0.15) is 38.9 Å². The number of rotatable bonds is 4. The Morgan fingerprint density at radius 1 is 0.900 bits per heavy atom. The molecular formula is C14H21BrN4O. The fourth-order valence-corrected chi connectivity index (χ4v) is 3.74. The van der Waals surface area contributed by atoms with Crippen LogP contribution in [0.25, 0.3) is 0 Å². The molecule has 1 aromatic rings. The van der Waals surface area contributed by atoms with Crippen LogP contribution in [0.3, 0.4) is 0 Å². The van der Waals surface area contributed by atoms with E-state index in [4.69, 9.17) is 4.74 Å². The molecule has 0 atom stereocenters. The Morgan fingerprint density at radius 3 is 2.00 bits per heavy atom. The van der Waals surface area contributed by atoms with Crippen molar-refractivity contribution in [3.8, 4) is 5.75 Å². The van der Waals surface area contributed by atoms with E-state index in [0.29, 0.717) is 0 Å². The zero-order valence-corrected chi connectivity index (χ0v) is 13.2. The number of para-hydroxylation sites is 1. The zero-order valence-electron chi connectivity index (χ0n) is 11.6. The van der Waals surface area contributed by atoms with Gasteiger partial charge >= 0.3 is 0 Å². The fourth-order valence-electron chi connectivity index (χ4n) is 3.74. The molecular weight excluding hydrogens is 320 g/mol. The number of benzene rings is 1. The Hall–Kier alpha value is -0.660. The van der Waals surface area contributed by atoms with E-state index in [1.807, 2.05) is 30.3 Å². The molecule has 0 aromatic heterocycles. The molecule has 4 bridgehead atoms. The minimum atomic E-state index is 0. The lowest BCUT2D eigenvalue weighted by Crippen LogP contribution is -3.00. The molecule has 0 unspecified atom stereocenters. The third-order valence-electron chi connectivity index (χ3n) is 4.28. The second-order valence-electron chi connectivity index (χ2n) is 6.09. The van der Waals surface area contributed by atoms with E-state index in [-0.39, 0.29) is 17.0 Å². The molecule has 5 rings (SSSR count). The van der Waals surface area contributed by atoms with Crippen molar-refractivity contribution >= 4 is 0 Å². The summed E-state index contributed by atoms with van der Waals surface area (Å²) in [6.07, 6.45) is 0. The summed E-state index contributed by atoms with van der Waals surface area (Å²) in [6, 6.07) is 10.1. The van der Waals surface area contributed by atoms with E-state index in [2.05, 4.69) is 14.7 Å². The van der Waals surface area contributed by atoms with Crippen molar-refractivity contribution in [3.05, 3.63) is 30.3 Å². The molecule has 4 aliphatic rings. The highest BCUT2D eigenvalue weighted by Gasteiger charge is 2.48. The summed E-state index contributed by atoms with van der Waals surface area (Å²) in [5, 5.41) is 0. The highest BCUT2D eigenvalue weighted by atomic mass is 79.9. The van der Waals surface area contributed by atoms with Gasteiger partial charge in [0.25, 0.3) is 0 Å². The van der Waals surface area contributed by atoms with Gasteiger partial charge in [0.15, 0.2) is 0 Å². The number of quaternary nitrogens is 1. The van der Waals surface area contributed by atoms with Gasteiger partial charge in [0.05, 0.1) is 20.0 Å². The summed E-state index contributed by atoms with van der Waals surface area (Å²) >= 11 is 0. The van der Waals surface area contributed by atoms with Crippen LogP contribution in [-0.2, 0) is 0 Å². The minimum absolute atomic E-state index is 0. The van der Waals surface area contributed by atoms with Crippen molar-refractivity contribution in [1.82, 2.24) is 14.7 Å². The predicted molar refractivity (Wildman–Crippen MR) is 71.8 cm³/mol. The summed E-state index contributed by atoms with van der Waals surface area (Å²) in [7, 11) is 0. The van der Waals surface area contributed by atoms with Crippen LogP contribution in [0.2, 0.25) is 0 Å². The summed E-state index contributed by atoms with van der Waals surface area (Å²) in [5.74, 6) is 0.984. The number of hydrogen-bond donors (Lipinski definition) is 0. The van der Waals surface area contributed by atoms with E-state index in [9.17, 15) is 0 Å². The SMILES string of the molecule is [Br-].c1ccc(OCC[N+]23CN4CN(CN(C4)C2)C3)cc1. The lowest BCUT2D eigenvalue weighted by molar-refractivity contribution is -0.980. The third kappa shape index (κ3) is 2.71. The molecule has 110 valence electrons. The van der Waals surface area contributed by atoms with Gasteiger partial charge < -0.3 is 21.7 Å². The van der Waals surface area contributed by atoms with Crippen LogP contribution in [0.15, 0.2) is 30.3 Å². The average molecular weight is 341 g/mol. The van der Waals surface area contributed by atoms with Crippen molar-refractivity contribution in [2.45, 2.75) is 0 Å². The maximum atomic E-state index is 5.87. The van der Waals surface area contributed by atoms with Crippen LogP contribution < -0.4 is 21.7 Å². The van der Waals surface area contributed by atoms with E-state index in [1.54, 1.807) is 0 Å². The Labute approximate surface area is 130 Å². The van der Waals surface area contributed by atoms with E-state index in [0.717, 1.165) is 43.4 Å². The van der Waals surface area contributed by atoms with E-state index in [1.165, 1.54) is 20.0 Å². The van der Waals surface area contributed by atoms with Gasteiger partial charge in [-0.2, -0.15) is 0 Å². The monoisotopic (exact) mass is 340 g/mol. The lowest BCUT2D eigenvalue weighted by Gasteiger charge is -2.60. The molecule has 0 aliphatic carbocycles. The van der Waals surface area contributed by atoms with Gasteiger partial charge in [-0.1, -0.05) is 18.2 Å². The van der Waals surface area contributed by atoms with Crippen LogP contribution in [0, 0.1) is 0 Å². The van der Waals surface area contributed by atoms with Crippen molar-refractivity contribution in [1.29, 1.82) is 0 Å². The summed E-state index contributed by atoms with van der Waals surface area (Å²) in [5.41, 5.74) is 0. The molecule has 20 heavy (non-hydrogen) atoms. The first-order valence-corrected chi connectivity index (χ1v) is 7.01. The summed E-state index contributed by atoms with van der Waals surface area (Å²) in [6.45, 7) is 8.90.